The smallest absolute Gasteiger partial charge is 0.263 e. The lowest BCUT2D eigenvalue weighted by molar-refractivity contribution is 0.0945. The van der Waals surface area contributed by atoms with E-state index < -0.39 is 11.6 Å². The molecule has 2 heterocycles. The number of ketones is 1. The molecule has 0 aliphatic carbocycles. The van der Waals surface area contributed by atoms with Crippen LogP contribution in [-0.4, -0.2) is 20.7 Å². The number of hydrogen-bond acceptors (Lipinski definition) is 5. The number of oxazole rings is 1. The molecule has 0 saturated heterocycles. The van der Waals surface area contributed by atoms with Gasteiger partial charge in [-0.2, -0.15) is 0 Å². The van der Waals surface area contributed by atoms with Crippen molar-refractivity contribution in [2.24, 2.45) is 5.73 Å². The monoisotopic (exact) mass is 374 g/mol. The number of carbonyl (C=O) groups is 1. The molecule has 8 heteroatoms. The van der Waals surface area contributed by atoms with E-state index in [1.807, 2.05) is 0 Å². The van der Waals surface area contributed by atoms with Gasteiger partial charge in [0.15, 0.2) is 11.6 Å². The molecule has 0 aliphatic heterocycles. The lowest BCUT2D eigenvalue weighted by atomic mass is 10.1. The van der Waals surface area contributed by atoms with Crippen LogP contribution in [0.15, 0.2) is 41.3 Å². The number of nitrogens with one attached hydrogen (secondary N) is 1. The Morgan fingerprint density at radius 2 is 2.07 bits per heavy atom. The van der Waals surface area contributed by atoms with Gasteiger partial charge in [-0.25, -0.2) is 18.7 Å². The first-order valence-electron chi connectivity index (χ1n) is 8.74. The molecule has 3 aromatic rings. The number of nitrogens with two attached hydrogens (primary N) is 1. The minimum absolute atomic E-state index is 0.114. The second-order valence-corrected chi connectivity index (χ2v) is 6.25. The number of aromatic amines is 1. The van der Waals surface area contributed by atoms with Crippen LogP contribution >= 0.6 is 0 Å². The highest BCUT2D eigenvalue weighted by molar-refractivity contribution is 5.91. The summed E-state index contributed by atoms with van der Waals surface area (Å²) in [6.45, 7) is 0. The first kappa shape index (κ1) is 18.9. The molecule has 0 saturated carbocycles. The molecule has 0 fully saturated rings. The van der Waals surface area contributed by atoms with Crippen molar-refractivity contribution in [1.29, 1.82) is 0 Å². The summed E-state index contributed by atoms with van der Waals surface area (Å²) in [5, 5.41) is 0. The summed E-state index contributed by atoms with van der Waals surface area (Å²) in [5.41, 5.74) is 6.62. The Balaban J connectivity index is 1.46. The number of unbranched alkanes of at least 4 members (excludes halogenated alkanes) is 2. The maximum absolute atomic E-state index is 13.9. The van der Waals surface area contributed by atoms with E-state index in [-0.39, 0.29) is 23.3 Å². The van der Waals surface area contributed by atoms with Gasteiger partial charge in [-0.05, 0) is 25.0 Å². The predicted molar refractivity (Wildman–Crippen MR) is 94.8 cm³/mol. The highest BCUT2D eigenvalue weighted by Gasteiger charge is 2.15. The van der Waals surface area contributed by atoms with E-state index in [0.717, 1.165) is 18.9 Å². The van der Waals surface area contributed by atoms with Gasteiger partial charge < -0.3 is 15.1 Å². The van der Waals surface area contributed by atoms with Crippen LogP contribution < -0.4 is 5.73 Å². The normalized spacial score (nSPS) is 12.3. The topological polar surface area (TPSA) is 97.8 Å². The number of hydrogen-bond donors (Lipinski definition) is 2. The molecule has 0 bridgehead atoms. The predicted octanol–water partition coefficient (Wildman–Crippen LogP) is 4.18. The molecule has 1 atom stereocenters. The van der Waals surface area contributed by atoms with Crippen molar-refractivity contribution in [2.45, 2.75) is 38.1 Å². The van der Waals surface area contributed by atoms with Gasteiger partial charge in [0.25, 0.3) is 5.89 Å². The van der Waals surface area contributed by atoms with Gasteiger partial charge in [0.1, 0.15) is 12.1 Å². The molecule has 142 valence electrons. The SMILES string of the molecule is NC(CCCCCC(=O)c1ncco1)c1ncc(-c2cccc(F)c2F)[nH]1. The molecule has 0 amide bonds. The highest BCUT2D eigenvalue weighted by Crippen LogP contribution is 2.24. The Morgan fingerprint density at radius 1 is 1.22 bits per heavy atom. The van der Waals surface area contributed by atoms with Crippen LogP contribution in [0.5, 0.6) is 0 Å². The van der Waals surface area contributed by atoms with Crippen LogP contribution in [0.3, 0.4) is 0 Å². The zero-order chi connectivity index (χ0) is 19.2. The highest BCUT2D eigenvalue weighted by atomic mass is 19.2. The van der Waals surface area contributed by atoms with Gasteiger partial charge in [0.2, 0.25) is 5.78 Å². The van der Waals surface area contributed by atoms with E-state index >= 15 is 0 Å². The van der Waals surface area contributed by atoms with E-state index in [2.05, 4.69) is 15.0 Å². The van der Waals surface area contributed by atoms with Crippen molar-refractivity contribution in [3.63, 3.8) is 0 Å². The van der Waals surface area contributed by atoms with E-state index in [1.165, 1.54) is 30.8 Å². The van der Waals surface area contributed by atoms with Crippen molar-refractivity contribution >= 4 is 5.78 Å². The number of benzene rings is 1. The summed E-state index contributed by atoms with van der Waals surface area (Å²) < 4.78 is 32.2. The molecular weight excluding hydrogens is 354 g/mol. The Hall–Kier alpha value is -2.87. The van der Waals surface area contributed by atoms with E-state index in [0.29, 0.717) is 30.8 Å². The number of aromatic nitrogens is 3. The van der Waals surface area contributed by atoms with Gasteiger partial charge in [-0.15, -0.1) is 0 Å². The van der Waals surface area contributed by atoms with Crippen LogP contribution in [0.1, 0.15) is 54.7 Å². The second-order valence-electron chi connectivity index (χ2n) is 6.25. The standard InChI is InChI=1S/C19H20F2N4O2/c20-13-6-4-5-12(17(13)21)15-11-24-18(25-15)14(22)7-2-1-3-8-16(26)19-23-9-10-27-19/h4-6,9-11,14H,1-3,7-8,22H2,(H,24,25). The van der Waals surface area contributed by atoms with Gasteiger partial charge in [0.05, 0.1) is 24.1 Å². The van der Waals surface area contributed by atoms with E-state index in [4.69, 9.17) is 10.2 Å². The number of halogens is 2. The number of H-pyrrole nitrogens is 1. The third-order valence-corrected chi connectivity index (χ3v) is 4.28. The summed E-state index contributed by atoms with van der Waals surface area (Å²) in [5.74, 6) is -1.29. The zero-order valence-electron chi connectivity index (χ0n) is 14.6. The molecule has 3 rings (SSSR count). The van der Waals surface area contributed by atoms with Gasteiger partial charge in [0, 0.05) is 12.0 Å². The van der Waals surface area contributed by atoms with Gasteiger partial charge in [-0.3, -0.25) is 4.79 Å². The number of nitrogens with zero attached hydrogens (tertiary/aromatic N) is 2. The Kier molecular flexibility index (Phi) is 6.08. The molecule has 1 unspecified atom stereocenters. The summed E-state index contributed by atoms with van der Waals surface area (Å²) in [6, 6.07) is 3.63. The van der Waals surface area contributed by atoms with Crippen molar-refractivity contribution in [3.05, 3.63) is 60.2 Å². The zero-order valence-corrected chi connectivity index (χ0v) is 14.6. The average Bonchev–Trinajstić information content (AvgIpc) is 3.35. The van der Waals surface area contributed by atoms with Crippen LogP contribution in [-0.2, 0) is 0 Å². The summed E-state index contributed by atoms with van der Waals surface area (Å²) >= 11 is 0. The van der Waals surface area contributed by atoms with Crippen LogP contribution in [0.2, 0.25) is 0 Å². The molecular formula is C19H20F2N4O2. The second kappa shape index (κ2) is 8.68. The molecule has 0 spiro atoms. The van der Waals surface area contributed by atoms with Crippen LogP contribution in [0.25, 0.3) is 11.3 Å². The Bertz CT molecular complexity index is 893. The fraction of sp³-hybridized carbons (Fsp3) is 0.316. The third-order valence-electron chi connectivity index (χ3n) is 4.28. The lowest BCUT2D eigenvalue weighted by Gasteiger charge is -2.08. The molecule has 6 nitrogen and oxygen atoms in total. The third kappa shape index (κ3) is 4.65. The Morgan fingerprint density at radius 3 is 2.85 bits per heavy atom. The van der Waals surface area contributed by atoms with Crippen molar-refractivity contribution in [2.75, 3.05) is 0 Å². The molecule has 0 radical (unpaired) electrons. The number of rotatable bonds is 9. The van der Waals surface area contributed by atoms with Crippen molar-refractivity contribution in [3.8, 4) is 11.3 Å². The van der Waals surface area contributed by atoms with E-state index in [1.54, 1.807) is 0 Å². The largest absolute Gasteiger partial charge is 0.442 e. The minimum Gasteiger partial charge on any atom is -0.442 e. The minimum atomic E-state index is -0.919. The van der Waals surface area contributed by atoms with Crippen molar-refractivity contribution in [1.82, 2.24) is 15.0 Å². The first-order chi connectivity index (χ1) is 13.1. The maximum atomic E-state index is 13.9. The van der Waals surface area contributed by atoms with Crippen molar-refractivity contribution < 1.29 is 18.0 Å². The fourth-order valence-corrected chi connectivity index (χ4v) is 2.81. The molecule has 1 aromatic carbocycles. The Labute approximate surface area is 154 Å². The average molecular weight is 374 g/mol. The molecule has 3 N–H and O–H groups in total. The molecule has 0 aliphatic rings. The lowest BCUT2D eigenvalue weighted by Crippen LogP contribution is -2.12. The van der Waals surface area contributed by atoms with E-state index in [9.17, 15) is 13.6 Å². The number of Topliss-reactive ketones (excluding diaryl/α,β-unsaturated/α-hetero) is 1. The fourth-order valence-electron chi connectivity index (χ4n) is 2.81. The van der Waals surface area contributed by atoms with Crippen LogP contribution in [0.4, 0.5) is 8.78 Å². The molecule has 27 heavy (non-hydrogen) atoms. The number of carbonyl (C=O) groups excluding carboxylic acids is 1. The summed E-state index contributed by atoms with van der Waals surface area (Å²) in [4.78, 5) is 22.7. The van der Waals surface area contributed by atoms with Gasteiger partial charge >= 0.3 is 0 Å². The quantitative estimate of drug-likeness (QED) is 0.433. The molecule has 2 aromatic heterocycles. The van der Waals surface area contributed by atoms with Crippen LogP contribution in [0, 0.1) is 11.6 Å². The number of imidazole rings is 1. The summed E-state index contributed by atoms with van der Waals surface area (Å²) in [6.07, 6.45) is 7.65. The summed E-state index contributed by atoms with van der Waals surface area (Å²) in [7, 11) is 0. The first-order valence-corrected chi connectivity index (χ1v) is 8.74. The maximum Gasteiger partial charge on any atom is 0.263 e. The van der Waals surface area contributed by atoms with Gasteiger partial charge in [-0.1, -0.05) is 18.9 Å².